The molecule has 1 heterocycles. The maximum atomic E-state index is 6.29. The molecule has 0 saturated carbocycles. The first-order valence-corrected chi connectivity index (χ1v) is 13.0. The highest BCUT2D eigenvalue weighted by Crippen LogP contribution is 2.37. The van der Waals surface area contributed by atoms with Gasteiger partial charge in [-0.2, -0.15) is 0 Å². The van der Waals surface area contributed by atoms with Crippen molar-refractivity contribution in [2.45, 2.75) is 45.5 Å². The van der Waals surface area contributed by atoms with E-state index in [0.29, 0.717) is 0 Å². The van der Waals surface area contributed by atoms with E-state index in [2.05, 4.69) is 40.5 Å². The fraction of sp³-hybridized carbons (Fsp3) is 0.636. The Kier molecular flexibility index (Phi) is 4.73. The predicted molar refractivity (Wildman–Crippen MR) is 78.2 cm³/mol. The van der Waals surface area contributed by atoms with Gasteiger partial charge in [0.05, 0.1) is 0 Å². The quantitative estimate of drug-likeness (QED) is 0.725. The summed E-state index contributed by atoms with van der Waals surface area (Å²) in [4.78, 5) is 0. The zero-order valence-corrected chi connectivity index (χ0v) is 14.4. The minimum absolute atomic E-state index is 0.894. The van der Waals surface area contributed by atoms with Gasteiger partial charge in [0.2, 0.25) is 0 Å². The Morgan fingerprint density at radius 1 is 0.824 bits per heavy atom. The molecule has 3 nitrogen and oxygen atoms in total. The van der Waals surface area contributed by atoms with Crippen molar-refractivity contribution < 1.29 is 12.3 Å². The largest absolute Gasteiger partial charge is 0.412 e. The van der Waals surface area contributed by atoms with Crippen LogP contribution in [0.1, 0.15) is 20.8 Å². The lowest BCUT2D eigenvalue weighted by Gasteiger charge is -2.49. The molecule has 1 aliphatic heterocycles. The van der Waals surface area contributed by atoms with Crippen molar-refractivity contribution in [3.8, 4) is 0 Å². The predicted octanol–water partition coefficient (Wildman–Crippen LogP) is 3.52. The van der Waals surface area contributed by atoms with Gasteiger partial charge in [0.1, 0.15) is 0 Å². The van der Waals surface area contributed by atoms with Crippen LogP contribution in [0.4, 0.5) is 0 Å². The van der Waals surface area contributed by atoms with Gasteiger partial charge >= 0.3 is 25.7 Å². The van der Waals surface area contributed by atoms with Gasteiger partial charge in [-0.1, -0.05) is 32.2 Å². The first-order chi connectivity index (χ1) is 7.92. The van der Waals surface area contributed by atoms with E-state index in [9.17, 15) is 0 Å². The van der Waals surface area contributed by atoms with Crippen LogP contribution in [0.3, 0.4) is 0 Å². The summed E-state index contributed by atoms with van der Waals surface area (Å²) in [7, 11) is -6.66. The second-order valence-electron chi connectivity index (χ2n) is 4.53. The summed E-state index contributed by atoms with van der Waals surface area (Å²) in [6, 6.07) is 2.73. The fourth-order valence-electron chi connectivity index (χ4n) is 1.97. The molecule has 0 aliphatic carbocycles. The van der Waals surface area contributed by atoms with Crippen molar-refractivity contribution in [1.82, 2.24) is 0 Å². The molecular weight excluding hydrogens is 264 g/mol. The summed E-state index contributed by atoms with van der Waals surface area (Å²) in [5.74, 6) is 0. The van der Waals surface area contributed by atoms with Crippen LogP contribution in [-0.4, -0.2) is 25.7 Å². The molecule has 1 rings (SSSR count). The topological polar surface area (TPSA) is 27.7 Å². The smallest absolute Gasteiger partial charge is 0.346 e. The lowest BCUT2D eigenvalue weighted by atomic mass is 11.0. The number of rotatable bonds is 5. The number of hydrogen-bond donors (Lipinski definition) is 0. The molecule has 0 bridgehead atoms. The van der Waals surface area contributed by atoms with Crippen molar-refractivity contribution in [3.05, 3.63) is 24.6 Å². The van der Waals surface area contributed by atoms with Gasteiger partial charge in [0.25, 0.3) is 0 Å². The second-order valence-corrected chi connectivity index (χ2v) is 15.4. The fourth-order valence-corrected chi connectivity index (χ4v) is 17.2. The molecule has 2 unspecified atom stereocenters. The molecule has 2 atom stereocenters. The molecule has 1 aliphatic rings. The van der Waals surface area contributed by atoms with Gasteiger partial charge in [-0.3, -0.25) is 0 Å². The maximum Gasteiger partial charge on any atom is 0.346 e. The highest BCUT2D eigenvalue weighted by molar-refractivity contribution is 6.97. The van der Waals surface area contributed by atoms with Gasteiger partial charge in [-0.05, 0) is 24.7 Å². The third-order valence-electron chi connectivity index (χ3n) is 3.37. The zero-order chi connectivity index (χ0) is 13.2. The van der Waals surface area contributed by atoms with Crippen molar-refractivity contribution in [2.24, 2.45) is 0 Å². The van der Waals surface area contributed by atoms with Crippen molar-refractivity contribution in [1.29, 1.82) is 0 Å². The SMILES string of the molecule is C=C[Si]1(CC)O[Si](C)(CC)O[Si](C=C)(CC)O1. The molecule has 0 spiro atoms. The highest BCUT2D eigenvalue weighted by Gasteiger charge is 2.56. The van der Waals surface area contributed by atoms with Crippen molar-refractivity contribution >= 4 is 25.7 Å². The molecule has 0 aromatic carbocycles. The van der Waals surface area contributed by atoms with E-state index in [1.807, 2.05) is 11.4 Å². The highest BCUT2D eigenvalue weighted by atomic mass is 28.5. The van der Waals surface area contributed by atoms with Gasteiger partial charge in [-0.25, -0.2) is 0 Å². The van der Waals surface area contributed by atoms with E-state index >= 15 is 0 Å². The molecule has 98 valence electrons. The van der Waals surface area contributed by atoms with E-state index in [1.54, 1.807) is 0 Å². The van der Waals surface area contributed by atoms with E-state index in [0.717, 1.165) is 18.1 Å². The molecular formula is C11H24O3Si3. The molecule has 1 fully saturated rings. The number of hydrogen-bond acceptors (Lipinski definition) is 3. The first kappa shape index (κ1) is 15.1. The summed E-state index contributed by atoms with van der Waals surface area (Å²) in [6.07, 6.45) is 0. The van der Waals surface area contributed by atoms with Crippen LogP contribution in [0.15, 0.2) is 24.6 Å². The lowest BCUT2D eigenvalue weighted by Crippen LogP contribution is -2.67. The van der Waals surface area contributed by atoms with E-state index in [1.165, 1.54) is 0 Å². The average Bonchev–Trinajstić information content (AvgIpc) is 2.37. The van der Waals surface area contributed by atoms with Crippen LogP contribution in [0, 0.1) is 0 Å². The molecule has 0 aromatic heterocycles. The Hall–Kier alpha value is 0.0106. The van der Waals surface area contributed by atoms with Crippen molar-refractivity contribution in [2.75, 3.05) is 0 Å². The van der Waals surface area contributed by atoms with Gasteiger partial charge < -0.3 is 12.3 Å². The van der Waals surface area contributed by atoms with Crippen LogP contribution in [-0.2, 0) is 12.3 Å². The molecule has 1 saturated heterocycles. The van der Waals surface area contributed by atoms with Crippen LogP contribution in [0.2, 0.25) is 24.7 Å². The Labute approximate surface area is 108 Å². The minimum Gasteiger partial charge on any atom is -0.412 e. The summed E-state index contributed by atoms with van der Waals surface area (Å²) in [5.41, 5.74) is 3.83. The third kappa shape index (κ3) is 2.88. The van der Waals surface area contributed by atoms with Crippen LogP contribution >= 0.6 is 0 Å². The molecule has 0 N–H and O–H groups in total. The lowest BCUT2D eigenvalue weighted by molar-refractivity contribution is 0.233. The van der Waals surface area contributed by atoms with Crippen molar-refractivity contribution in [3.63, 3.8) is 0 Å². The third-order valence-corrected chi connectivity index (χ3v) is 16.9. The summed E-state index contributed by atoms with van der Waals surface area (Å²) < 4.78 is 18.8. The monoisotopic (exact) mass is 288 g/mol. The summed E-state index contributed by atoms with van der Waals surface area (Å²) >= 11 is 0. The van der Waals surface area contributed by atoms with E-state index < -0.39 is 25.7 Å². The molecule has 0 radical (unpaired) electrons. The van der Waals surface area contributed by atoms with Crippen LogP contribution < -0.4 is 0 Å². The molecule has 0 amide bonds. The summed E-state index contributed by atoms with van der Waals surface area (Å²) in [5, 5.41) is 0. The maximum absolute atomic E-state index is 6.29. The van der Waals surface area contributed by atoms with E-state index in [4.69, 9.17) is 12.3 Å². The normalized spacial score (nSPS) is 42.1. The molecule has 6 heteroatoms. The van der Waals surface area contributed by atoms with Gasteiger partial charge in [-0.15, -0.1) is 13.2 Å². The first-order valence-electron chi connectivity index (χ1n) is 6.30. The van der Waals surface area contributed by atoms with Crippen LogP contribution in [0.5, 0.6) is 0 Å². The van der Waals surface area contributed by atoms with Crippen LogP contribution in [0.25, 0.3) is 0 Å². The Bertz CT molecular complexity index is 286. The summed E-state index contributed by atoms with van der Waals surface area (Å²) in [6.45, 7) is 16.3. The Morgan fingerprint density at radius 3 is 1.47 bits per heavy atom. The average molecular weight is 289 g/mol. The molecule has 0 aromatic rings. The standard InChI is InChI=1S/C11H24O3Si3/c1-7-15(6)12-16(8-2,9-3)14-17(10-4,11-5)13-15/h8,10H,2,4,7,9,11H2,1,3,5-6H3. The van der Waals surface area contributed by atoms with Gasteiger partial charge in [0.15, 0.2) is 0 Å². The zero-order valence-electron chi connectivity index (χ0n) is 11.4. The minimum atomic E-state index is -2.27. The molecule has 17 heavy (non-hydrogen) atoms. The second kappa shape index (κ2) is 5.33. The Balaban J connectivity index is 3.15. The van der Waals surface area contributed by atoms with Gasteiger partial charge in [0, 0.05) is 0 Å². The van der Waals surface area contributed by atoms with E-state index in [-0.39, 0.29) is 0 Å². The Morgan fingerprint density at radius 2 is 1.24 bits per heavy atom.